The zero-order valence-corrected chi connectivity index (χ0v) is 11.7. The number of carbonyl (C=O) groups excluding carboxylic acids is 2. The molecule has 0 radical (unpaired) electrons. The van der Waals surface area contributed by atoms with Crippen molar-refractivity contribution >= 4 is 11.6 Å². The number of rotatable bonds is 2. The maximum atomic E-state index is 12.2. The van der Waals surface area contributed by atoms with E-state index in [-0.39, 0.29) is 11.6 Å². The Bertz CT molecular complexity index is 369. The fourth-order valence-corrected chi connectivity index (χ4v) is 1.75. The van der Waals surface area contributed by atoms with Crippen LogP contribution in [-0.4, -0.2) is 11.6 Å². The Hall–Kier alpha value is -1.18. The molecule has 0 unspecified atom stereocenters. The van der Waals surface area contributed by atoms with Crippen molar-refractivity contribution in [1.29, 1.82) is 0 Å². The summed E-state index contributed by atoms with van der Waals surface area (Å²) >= 11 is 0. The number of carbonyl (C=O) groups is 2. The average molecular weight is 234 g/mol. The molecule has 0 spiro atoms. The Morgan fingerprint density at radius 2 is 1.12 bits per heavy atom. The van der Waals surface area contributed by atoms with E-state index < -0.39 is 10.8 Å². The predicted octanol–water partition coefficient (Wildman–Crippen LogP) is 3.47. The van der Waals surface area contributed by atoms with Crippen LogP contribution in [0.4, 0.5) is 0 Å². The summed E-state index contributed by atoms with van der Waals surface area (Å²) in [5.41, 5.74) is 0.343. The van der Waals surface area contributed by atoms with Gasteiger partial charge in [0.15, 0.2) is 11.6 Å². The summed E-state index contributed by atoms with van der Waals surface area (Å²) in [4.78, 5) is 24.5. The SMILES string of the molecule is CC(C)(C)C(=O)C1=CCC=C1C(=O)C(C)(C)C. The van der Waals surface area contributed by atoms with E-state index in [0.29, 0.717) is 17.6 Å². The van der Waals surface area contributed by atoms with E-state index in [2.05, 4.69) is 0 Å². The Kier molecular flexibility index (Phi) is 3.47. The van der Waals surface area contributed by atoms with Crippen LogP contribution < -0.4 is 0 Å². The molecule has 0 amide bonds. The zero-order chi connectivity index (χ0) is 13.4. The largest absolute Gasteiger partial charge is 0.294 e. The highest BCUT2D eigenvalue weighted by Crippen LogP contribution is 2.33. The lowest BCUT2D eigenvalue weighted by Crippen LogP contribution is -2.28. The van der Waals surface area contributed by atoms with Gasteiger partial charge in [-0.1, -0.05) is 53.7 Å². The standard InChI is InChI=1S/C15H22O2/c1-14(2,3)12(16)10-8-7-9-11(10)13(17)15(4,5)6/h8-9H,7H2,1-6H3. The molecule has 0 aromatic carbocycles. The topological polar surface area (TPSA) is 34.1 Å². The molecular formula is C15H22O2. The van der Waals surface area contributed by atoms with Crippen LogP contribution in [0.25, 0.3) is 0 Å². The highest BCUT2D eigenvalue weighted by Gasteiger charge is 2.34. The lowest BCUT2D eigenvalue weighted by molar-refractivity contribution is -0.125. The van der Waals surface area contributed by atoms with E-state index in [1.807, 2.05) is 53.7 Å². The lowest BCUT2D eigenvalue weighted by atomic mass is 9.79. The molecule has 17 heavy (non-hydrogen) atoms. The van der Waals surface area contributed by atoms with E-state index in [4.69, 9.17) is 0 Å². The second-order valence-corrected chi connectivity index (χ2v) is 6.63. The molecule has 94 valence electrons. The average Bonchev–Trinajstić information content (AvgIpc) is 2.60. The minimum absolute atomic E-state index is 0.0545. The molecule has 0 aromatic heterocycles. The molecule has 0 bridgehead atoms. The molecule has 1 aliphatic carbocycles. The molecule has 1 aliphatic rings. The Balaban J connectivity index is 3.04. The molecular weight excluding hydrogens is 212 g/mol. The lowest BCUT2D eigenvalue weighted by Gasteiger charge is -2.22. The van der Waals surface area contributed by atoms with Gasteiger partial charge in [-0.2, -0.15) is 0 Å². The highest BCUT2D eigenvalue weighted by molar-refractivity contribution is 6.16. The van der Waals surface area contributed by atoms with Crippen molar-refractivity contribution in [1.82, 2.24) is 0 Å². The number of Topliss-reactive ketones (excluding diaryl/α,β-unsaturated/α-hetero) is 2. The van der Waals surface area contributed by atoms with Crippen LogP contribution in [-0.2, 0) is 9.59 Å². The Labute approximate surface area is 104 Å². The summed E-state index contributed by atoms with van der Waals surface area (Å²) in [7, 11) is 0. The third-order valence-corrected chi connectivity index (χ3v) is 2.79. The van der Waals surface area contributed by atoms with Crippen LogP contribution in [0.1, 0.15) is 48.0 Å². The molecule has 0 saturated heterocycles. The maximum Gasteiger partial charge on any atom is 0.168 e. The first-order valence-corrected chi connectivity index (χ1v) is 6.05. The maximum absolute atomic E-state index is 12.2. The fourth-order valence-electron chi connectivity index (χ4n) is 1.75. The number of hydrogen-bond acceptors (Lipinski definition) is 2. The molecule has 1 rings (SSSR count). The second kappa shape index (κ2) is 4.25. The fraction of sp³-hybridized carbons (Fsp3) is 0.600. The highest BCUT2D eigenvalue weighted by atomic mass is 16.1. The molecule has 2 heteroatoms. The third kappa shape index (κ3) is 2.93. The van der Waals surface area contributed by atoms with Crippen LogP contribution in [0.2, 0.25) is 0 Å². The van der Waals surface area contributed by atoms with Crippen molar-refractivity contribution in [3.63, 3.8) is 0 Å². The third-order valence-electron chi connectivity index (χ3n) is 2.79. The van der Waals surface area contributed by atoms with Crippen molar-refractivity contribution in [2.24, 2.45) is 10.8 Å². The quantitative estimate of drug-likeness (QED) is 0.733. The first-order chi connectivity index (χ1) is 7.55. The van der Waals surface area contributed by atoms with E-state index in [0.717, 1.165) is 0 Å². The predicted molar refractivity (Wildman–Crippen MR) is 69.7 cm³/mol. The molecule has 0 N–H and O–H groups in total. The van der Waals surface area contributed by atoms with Crippen LogP contribution in [0.5, 0.6) is 0 Å². The molecule has 0 aromatic rings. The molecule has 0 heterocycles. The molecule has 0 saturated carbocycles. The van der Waals surface area contributed by atoms with Gasteiger partial charge in [-0.3, -0.25) is 9.59 Å². The first kappa shape index (κ1) is 13.9. The van der Waals surface area contributed by atoms with Crippen LogP contribution in [0, 0.1) is 10.8 Å². The van der Waals surface area contributed by atoms with Gasteiger partial charge in [-0.05, 0) is 6.42 Å². The second-order valence-electron chi connectivity index (χ2n) is 6.63. The Morgan fingerprint density at radius 3 is 1.35 bits per heavy atom. The van der Waals surface area contributed by atoms with Gasteiger partial charge in [0.05, 0.1) is 0 Å². The summed E-state index contributed by atoms with van der Waals surface area (Å²) in [5.74, 6) is 0.109. The van der Waals surface area contributed by atoms with Gasteiger partial charge in [0.1, 0.15) is 0 Å². The van der Waals surface area contributed by atoms with Gasteiger partial charge >= 0.3 is 0 Å². The van der Waals surface area contributed by atoms with Gasteiger partial charge < -0.3 is 0 Å². The summed E-state index contributed by atoms with van der Waals surface area (Å²) in [5, 5.41) is 0. The minimum Gasteiger partial charge on any atom is -0.294 e. The zero-order valence-electron chi connectivity index (χ0n) is 11.7. The smallest absolute Gasteiger partial charge is 0.168 e. The van der Waals surface area contributed by atoms with E-state index >= 15 is 0 Å². The molecule has 2 nitrogen and oxygen atoms in total. The number of ketones is 2. The van der Waals surface area contributed by atoms with Gasteiger partial charge in [-0.25, -0.2) is 0 Å². The van der Waals surface area contributed by atoms with Gasteiger partial charge in [-0.15, -0.1) is 0 Å². The van der Waals surface area contributed by atoms with Crippen molar-refractivity contribution in [3.8, 4) is 0 Å². The first-order valence-electron chi connectivity index (χ1n) is 6.05. The van der Waals surface area contributed by atoms with Crippen molar-refractivity contribution in [2.75, 3.05) is 0 Å². The molecule has 0 atom stereocenters. The van der Waals surface area contributed by atoms with E-state index in [1.54, 1.807) is 0 Å². The molecule has 0 aliphatic heterocycles. The van der Waals surface area contributed by atoms with Crippen LogP contribution >= 0.6 is 0 Å². The summed E-state index contributed by atoms with van der Waals surface area (Å²) < 4.78 is 0. The normalized spacial score (nSPS) is 16.6. The monoisotopic (exact) mass is 234 g/mol. The Morgan fingerprint density at radius 1 is 0.824 bits per heavy atom. The van der Waals surface area contributed by atoms with Crippen molar-refractivity contribution in [3.05, 3.63) is 23.3 Å². The van der Waals surface area contributed by atoms with E-state index in [9.17, 15) is 9.59 Å². The molecule has 0 fully saturated rings. The number of allylic oxidation sites excluding steroid dienone is 4. The van der Waals surface area contributed by atoms with Gasteiger partial charge in [0, 0.05) is 22.0 Å². The van der Waals surface area contributed by atoms with Gasteiger partial charge in [0.25, 0.3) is 0 Å². The van der Waals surface area contributed by atoms with E-state index in [1.165, 1.54) is 0 Å². The van der Waals surface area contributed by atoms with Crippen molar-refractivity contribution in [2.45, 2.75) is 48.0 Å². The minimum atomic E-state index is -0.437. The van der Waals surface area contributed by atoms with Crippen molar-refractivity contribution < 1.29 is 9.59 Å². The number of hydrogen-bond donors (Lipinski definition) is 0. The van der Waals surface area contributed by atoms with Crippen LogP contribution in [0.3, 0.4) is 0 Å². The van der Waals surface area contributed by atoms with Gasteiger partial charge in [0.2, 0.25) is 0 Å². The summed E-state index contributed by atoms with van der Waals surface area (Å²) in [6.07, 6.45) is 4.42. The van der Waals surface area contributed by atoms with Crippen LogP contribution in [0.15, 0.2) is 23.3 Å². The summed E-state index contributed by atoms with van der Waals surface area (Å²) in [6, 6.07) is 0. The summed E-state index contributed by atoms with van der Waals surface area (Å²) in [6.45, 7) is 11.3.